The lowest BCUT2D eigenvalue weighted by Gasteiger charge is -2.40. The van der Waals surface area contributed by atoms with Gasteiger partial charge in [-0.3, -0.25) is 9.36 Å². The molecule has 1 atom stereocenters. The largest absolute Gasteiger partial charge is 0.351 e. The minimum Gasteiger partial charge on any atom is -0.350 e. The molecule has 0 radical (unpaired) electrons. The fourth-order valence-electron chi connectivity index (χ4n) is 3.67. The Balaban J connectivity index is 2.06. The predicted molar refractivity (Wildman–Crippen MR) is 117 cm³/mol. The molecule has 1 fully saturated rings. The molecule has 0 bridgehead atoms. The molecule has 7 nitrogen and oxygen atoms in total. The van der Waals surface area contributed by atoms with Crippen molar-refractivity contribution < 1.29 is 4.79 Å². The van der Waals surface area contributed by atoms with E-state index in [0.717, 1.165) is 19.3 Å². The van der Waals surface area contributed by atoms with Crippen LogP contribution in [0.15, 0.2) is 23.5 Å². The summed E-state index contributed by atoms with van der Waals surface area (Å²) >= 11 is 12.4. The van der Waals surface area contributed by atoms with Gasteiger partial charge in [0.2, 0.25) is 5.91 Å². The van der Waals surface area contributed by atoms with E-state index in [2.05, 4.69) is 23.5 Å². The molecule has 0 spiro atoms. The lowest BCUT2D eigenvalue weighted by atomic mass is 10.1. The van der Waals surface area contributed by atoms with Crippen LogP contribution in [-0.2, 0) is 11.3 Å². The van der Waals surface area contributed by atoms with E-state index in [-0.39, 0.29) is 22.8 Å². The smallest absolute Gasteiger partial charge is 0.350 e. The topological polar surface area (TPSA) is 71.3 Å². The molecule has 3 heterocycles. The normalized spacial score (nSPS) is 17.0. The summed E-state index contributed by atoms with van der Waals surface area (Å²) in [6.07, 6.45) is 4.23. The van der Waals surface area contributed by atoms with Gasteiger partial charge in [0.15, 0.2) is 0 Å². The van der Waals surface area contributed by atoms with E-state index in [4.69, 9.17) is 23.2 Å². The molecule has 9 heteroatoms. The predicted octanol–water partition coefficient (Wildman–Crippen LogP) is 3.51. The molecule has 1 amide bonds. The SMILES string of the molecule is C=CC(=O)N1CCN(c2nc(=O)n(CCCCC)c3nc(Cl)c(Cl)cc23)[C@@H](C)C1. The monoisotopic (exact) mass is 437 g/mol. The molecule has 3 rings (SSSR count). The number of carbonyl (C=O) groups excluding carboxylic acids is 1. The number of nitrogens with zero attached hydrogens (tertiary/aromatic N) is 5. The molecule has 2 aromatic heterocycles. The summed E-state index contributed by atoms with van der Waals surface area (Å²) in [5.74, 6) is 0.429. The van der Waals surface area contributed by atoms with Gasteiger partial charge in [-0.1, -0.05) is 49.5 Å². The molecule has 0 aliphatic carbocycles. The number of hydrogen-bond acceptors (Lipinski definition) is 5. The summed E-state index contributed by atoms with van der Waals surface area (Å²) in [7, 11) is 0. The Hall–Kier alpha value is -2.12. The summed E-state index contributed by atoms with van der Waals surface area (Å²) in [4.78, 5) is 37.4. The van der Waals surface area contributed by atoms with Gasteiger partial charge in [0.1, 0.15) is 16.6 Å². The average Bonchev–Trinajstić information content (AvgIpc) is 2.70. The number of hydrogen-bond donors (Lipinski definition) is 0. The van der Waals surface area contributed by atoms with Crippen LogP contribution in [0.2, 0.25) is 10.2 Å². The van der Waals surface area contributed by atoms with Crippen molar-refractivity contribution in [1.29, 1.82) is 0 Å². The number of rotatable bonds is 6. The van der Waals surface area contributed by atoms with Gasteiger partial charge < -0.3 is 9.80 Å². The van der Waals surface area contributed by atoms with Crippen LogP contribution >= 0.6 is 23.2 Å². The van der Waals surface area contributed by atoms with Crippen molar-refractivity contribution in [1.82, 2.24) is 19.4 Å². The lowest BCUT2D eigenvalue weighted by molar-refractivity contribution is -0.126. The van der Waals surface area contributed by atoms with E-state index in [1.54, 1.807) is 15.5 Å². The zero-order valence-corrected chi connectivity index (χ0v) is 18.2. The summed E-state index contributed by atoms with van der Waals surface area (Å²) in [5, 5.41) is 1.16. The third-order valence-electron chi connectivity index (χ3n) is 5.21. The fourth-order valence-corrected chi connectivity index (χ4v) is 3.96. The summed E-state index contributed by atoms with van der Waals surface area (Å²) in [6.45, 7) is 9.76. The molecule has 1 aliphatic heterocycles. The Morgan fingerprint density at radius 1 is 1.31 bits per heavy atom. The number of unbranched alkanes of at least 4 members (excludes halogenated alkanes) is 2. The van der Waals surface area contributed by atoms with Gasteiger partial charge in [-0.25, -0.2) is 9.78 Å². The first-order valence-corrected chi connectivity index (χ1v) is 10.6. The van der Waals surface area contributed by atoms with Crippen molar-refractivity contribution in [3.8, 4) is 0 Å². The summed E-state index contributed by atoms with van der Waals surface area (Å²) in [6, 6.07) is 1.69. The van der Waals surface area contributed by atoms with Gasteiger partial charge >= 0.3 is 5.69 Å². The van der Waals surface area contributed by atoms with Crippen LogP contribution in [0, 0.1) is 0 Å². The number of amides is 1. The Morgan fingerprint density at radius 3 is 2.72 bits per heavy atom. The molecule has 0 unspecified atom stereocenters. The highest BCUT2D eigenvalue weighted by Crippen LogP contribution is 2.31. The van der Waals surface area contributed by atoms with E-state index in [0.29, 0.717) is 48.1 Å². The van der Waals surface area contributed by atoms with Crippen LogP contribution in [0.4, 0.5) is 5.82 Å². The first kappa shape index (κ1) is 21.6. The van der Waals surface area contributed by atoms with Crippen molar-refractivity contribution >= 4 is 46.0 Å². The number of anilines is 1. The second-order valence-electron chi connectivity index (χ2n) is 7.24. The van der Waals surface area contributed by atoms with Gasteiger partial charge in [0.05, 0.1) is 10.4 Å². The minimum atomic E-state index is -0.355. The molecule has 0 saturated carbocycles. The van der Waals surface area contributed by atoms with Crippen LogP contribution in [0.25, 0.3) is 11.0 Å². The van der Waals surface area contributed by atoms with E-state index in [9.17, 15) is 9.59 Å². The van der Waals surface area contributed by atoms with Crippen molar-refractivity contribution in [3.05, 3.63) is 39.4 Å². The minimum absolute atomic E-state index is 0.0341. The first-order valence-electron chi connectivity index (χ1n) is 9.82. The molecule has 29 heavy (non-hydrogen) atoms. The molecule has 2 aromatic rings. The van der Waals surface area contributed by atoms with E-state index in [1.165, 1.54) is 6.08 Å². The Morgan fingerprint density at radius 2 is 2.07 bits per heavy atom. The van der Waals surface area contributed by atoms with E-state index in [1.807, 2.05) is 11.8 Å². The number of pyridine rings is 1. The third-order valence-corrected chi connectivity index (χ3v) is 5.89. The molecule has 1 aliphatic rings. The highest BCUT2D eigenvalue weighted by molar-refractivity contribution is 6.41. The molecular formula is C20H25Cl2N5O2. The highest BCUT2D eigenvalue weighted by atomic mass is 35.5. The lowest BCUT2D eigenvalue weighted by Crippen LogP contribution is -2.54. The molecular weight excluding hydrogens is 413 g/mol. The van der Waals surface area contributed by atoms with Crippen molar-refractivity contribution in [2.45, 2.75) is 45.7 Å². The number of halogens is 2. The van der Waals surface area contributed by atoms with Gasteiger partial charge in [-0.15, -0.1) is 0 Å². The number of piperazine rings is 1. The van der Waals surface area contributed by atoms with Gasteiger partial charge in [0, 0.05) is 32.2 Å². The van der Waals surface area contributed by atoms with Gasteiger partial charge in [0.25, 0.3) is 0 Å². The molecule has 1 saturated heterocycles. The number of carbonyl (C=O) groups is 1. The van der Waals surface area contributed by atoms with Gasteiger partial charge in [-0.05, 0) is 25.5 Å². The van der Waals surface area contributed by atoms with E-state index < -0.39 is 0 Å². The second kappa shape index (κ2) is 9.13. The molecule has 156 valence electrons. The standard InChI is InChI=1S/C20H25Cl2N5O2/c1-4-6-7-8-27-18-14(11-15(21)17(22)23-18)19(24-20(27)29)26-10-9-25(12-13(26)3)16(28)5-2/h5,11,13H,2,4,6-10,12H2,1,3H3/t13-/m0/s1. The highest BCUT2D eigenvalue weighted by Gasteiger charge is 2.29. The number of aromatic nitrogens is 3. The number of fused-ring (bicyclic) bond motifs is 1. The van der Waals surface area contributed by atoms with Crippen molar-refractivity contribution in [2.24, 2.45) is 0 Å². The molecule has 0 aromatic carbocycles. The fraction of sp³-hybridized carbons (Fsp3) is 0.500. The average molecular weight is 438 g/mol. The Kier molecular flexibility index (Phi) is 6.80. The number of aryl methyl sites for hydroxylation is 1. The van der Waals surface area contributed by atoms with Gasteiger partial charge in [-0.2, -0.15) is 4.98 Å². The maximum absolute atomic E-state index is 12.8. The zero-order valence-electron chi connectivity index (χ0n) is 16.7. The van der Waals surface area contributed by atoms with Crippen LogP contribution in [-0.4, -0.2) is 51.0 Å². The van der Waals surface area contributed by atoms with E-state index >= 15 is 0 Å². The summed E-state index contributed by atoms with van der Waals surface area (Å²) in [5.41, 5.74) is 0.133. The zero-order chi connectivity index (χ0) is 21.1. The third kappa shape index (κ3) is 4.41. The molecule has 0 N–H and O–H groups in total. The summed E-state index contributed by atoms with van der Waals surface area (Å²) < 4.78 is 1.57. The second-order valence-corrected chi connectivity index (χ2v) is 8.00. The maximum Gasteiger partial charge on any atom is 0.351 e. The Labute approximate surface area is 179 Å². The maximum atomic E-state index is 12.8. The van der Waals surface area contributed by atoms with Crippen LogP contribution < -0.4 is 10.6 Å². The quantitative estimate of drug-likeness (QED) is 0.392. The van der Waals surface area contributed by atoms with Crippen LogP contribution in [0.1, 0.15) is 33.1 Å². The van der Waals surface area contributed by atoms with Crippen molar-refractivity contribution in [2.75, 3.05) is 24.5 Å². The Bertz CT molecular complexity index is 991. The van der Waals surface area contributed by atoms with Crippen LogP contribution in [0.3, 0.4) is 0 Å². The first-order chi connectivity index (χ1) is 13.9. The van der Waals surface area contributed by atoms with Crippen molar-refractivity contribution in [3.63, 3.8) is 0 Å². The van der Waals surface area contributed by atoms with Crippen LogP contribution in [0.5, 0.6) is 0 Å².